The van der Waals surface area contributed by atoms with Crippen LogP contribution in [0.3, 0.4) is 0 Å². The molecule has 2 aromatic carbocycles. The number of fused-ring (bicyclic) bond motifs is 1. The van der Waals surface area contributed by atoms with E-state index >= 15 is 0 Å². The summed E-state index contributed by atoms with van der Waals surface area (Å²) in [5.41, 5.74) is 1.60. The van der Waals surface area contributed by atoms with E-state index in [1.165, 1.54) is 12.1 Å². The van der Waals surface area contributed by atoms with E-state index in [0.29, 0.717) is 5.75 Å². The van der Waals surface area contributed by atoms with Gasteiger partial charge in [-0.2, -0.15) is 15.4 Å². The smallest absolute Gasteiger partial charge is 0.255 e. The Morgan fingerprint density at radius 2 is 1.87 bits per heavy atom. The van der Waals surface area contributed by atoms with Gasteiger partial charge in [0.2, 0.25) is 11.5 Å². The van der Waals surface area contributed by atoms with Gasteiger partial charge < -0.3 is 9.30 Å². The van der Waals surface area contributed by atoms with E-state index in [9.17, 15) is 9.59 Å². The Kier molecular flexibility index (Phi) is 5.39. The summed E-state index contributed by atoms with van der Waals surface area (Å²) in [6, 6.07) is 10.2. The van der Waals surface area contributed by atoms with Gasteiger partial charge >= 0.3 is 0 Å². The van der Waals surface area contributed by atoms with Crippen molar-refractivity contribution in [3.05, 3.63) is 46.7 Å². The largest absolute Gasteiger partial charge is 0.454 e. The molecule has 0 atom stereocenters. The van der Waals surface area contributed by atoms with Gasteiger partial charge in [0, 0.05) is 12.1 Å². The molecule has 0 radical (unpaired) electrons. The predicted molar refractivity (Wildman–Crippen MR) is 117 cm³/mol. The van der Waals surface area contributed by atoms with Crippen molar-refractivity contribution in [3.63, 3.8) is 0 Å². The highest BCUT2D eigenvalue weighted by atomic mass is 35.5. The topological polar surface area (TPSA) is 101 Å². The van der Waals surface area contributed by atoms with Crippen LogP contribution in [0.25, 0.3) is 11.0 Å². The number of anilines is 1. The Hall–Kier alpha value is -3.41. The molecule has 1 aromatic heterocycles. The number of hydrogen-bond donors (Lipinski definition) is 0. The summed E-state index contributed by atoms with van der Waals surface area (Å²) < 4.78 is 7.95. The molecule has 1 aliphatic heterocycles. The van der Waals surface area contributed by atoms with Crippen LogP contribution in [0.2, 0.25) is 10.0 Å². The summed E-state index contributed by atoms with van der Waals surface area (Å²) in [5, 5.41) is 14.0. The van der Waals surface area contributed by atoms with Gasteiger partial charge in [-0.15, -0.1) is 0 Å². The van der Waals surface area contributed by atoms with Crippen molar-refractivity contribution >= 4 is 57.3 Å². The first kappa shape index (κ1) is 20.8. The van der Waals surface area contributed by atoms with Crippen LogP contribution in [0.4, 0.5) is 5.69 Å². The second-order valence-corrected chi connectivity index (χ2v) is 7.92. The standard InChI is InChI=1S/C21H15Cl2N5O3/c1-11(2)27-10-25-16-4-3-13(7-18(16)27)31-21-14(22)5-12(6-15(21)23)28-20(30)8-19(29)17(9-24)26-28/h3-7,10-11H,8H2,1-2H3. The first-order chi connectivity index (χ1) is 14.8. The number of rotatable bonds is 4. The van der Waals surface area contributed by atoms with Crippen LogP contribution in [0.1, 0.15) is 26.3 Å². The van der Waals surface area contributed by atoms with Crippen molar-refractivity contribution in [3.8, 4) is 17.6 Å². The number of amides is 1. The molecule has 10 heteroatoms. The molecular formula is C21H15Cl2N5O3. The molecular weight excluding hydrogens is 441 g/mol. The maximum atomic E-state index is 12.2. The maximum Gasteiger partial charge on any atom is 0.255 e. The minimum atomic E-state index is -0.628. The fourth-order valence-electron chi connectivity index (χ4n) is 3.16. The average Bonchev–Trinajstić information content (AvgIpc) is 3.14. The second kappa shape index (κ2) is 8.02. The Balaban J connectivity index is 1.69. The van der Waals surface area contributed by atoms with E-state index in [0.717, 1.165) is 16.0 Å². The number of imidazole rings is 1. The van der Waals surface area contributed by atoms with Crippen LogP contribution in [-0.4, -0.2) is 27.0 Å². The van der Waals surface area contributed by atoms with Gasteiger partial charge in [-0.1, -0.05) is 23.2 Å². The summed E-state index contributed by atoms with van der Waals surface area (Å²) >= 11 is 12.8. The molecule has 0 fully saturated rings. The lowest BCUT2D eigenvalue weighted by Gasteiger charge is -2.22. The second-order valence-electron chi connectivity index (χ2n) is 7.10. The van der Waals surface area contributed by atoms with Crippen molar-refractivity contribution in [2.45, 2.75) is 26.3 Å². The Morgan fingerprint density at radius 3 is 2.52 bits per heavy atom. The summed E-state index contributed by atoms with van der Waals surface area (Å²) in [6.45, 7) is 4.10. The SMILES string of the molecule is CC(C)n1cnc2ccc(Oc3c(Cl)cc(N4N=C(C#N)C(=O)CC4=O)cc3Cl)cc21. The maximum absolute atomic E-state index is 12.2. The number of carbonyl (C=O) groups excluding carboxylic acids is 2. The molecule has 8 nitrogen and oxygen atoms in total. The minimum absolute atomic E-state index is 0.137. The fourth-order valence-corrected chi connectivity index (χ4v) is 3.71. The number of ether oxygens (including phenoxy) is 1. The lowest BCUT2D eigenvalue weighted by atomic mass is 10.1. The molecule has 156 valence electrons. The number of nitriles is 1. The van der Waals surface area contributed by atoms with E-state index < -0.39 is 18.1 Å². The van der Waals surface area contributed by atoms with Crippen molar-refractivity contribution in [1.29, 1.82) is 5.26 Å². The Labute approximate surface area is 187 Å². The van der Waals surface area contributed by atoms with Crippen LogP contribution in [0, 0.1) is 11.3 Å². The van der Waals surface area contributed by atoms with Crippen LogP contribution < -0.4 is 9.75 Å². The Bertz CT molecular complexity index is 1280. The van der Waals surface area contributed by atoms with Gasteiger partial charge in [0.05, 0.1) is 39.5 Å². The van der Waals surface area contributed by atoms with Crippen molar-refractivity contribution in [2.24, 2.45) is 5.10 Å². The first-order valence-electron chi connectivity index (χ1n) is 9.27. The molecule has 0 saturated carbocycles. The summed E-state index contributed by atoms with van der Waals surface area (Å²) in [5.74, 6) is -0.503. The molecule has 3 aromatic rings. The van der Waals surface area contributed by atoms with Crippen molar-refractivity contribution in [2.75, 3.05) is 5.01 Å². The normalized spacial score (nSPS) is 14.2. The number of ketones is 1. The number of benzene rings is 2. The molecule has 0 N–H and O–H groups in total. The van der Waals surface area contributed by atoms with E-state index in [1.54, 1.807) is 18.5 Å². The molecule has 1 amide bonds. The number of Topliss-reactive ketones (excluding diaryl/α,β-unsaturated/α-hetero) is 1. The van der Waals surface area contributed by atoms with Crippen LogP contribution in [-0.2, 0) is 9.59 Å². The van der Waals surface area contributed by atoms with Crippen molar-refractivity contribution < 1.29 is 14.3 Å². The monoisotopic (exact) mass is 455 g/mol. The van der Waals surface area contributed by atoms with Crippen molar-refractivity contribution in [1.82, 2.24) is 9.55 Å². The zero-order valence-electron chi connectivity index (χ0n) is 16.5. The fraction of sp³-hybridized carbons (Fsp3) is 0.190. The number of hydrogen-bond acceptors (Lipinski definition) is 6. The highest BCUT2D eigenvalue weighted by Crippen LogP contribution is 2.40. The van der Waals surface area contributed by atoms with Crippen LogP contribution in [0.5, 0.6) is 11.5 Å². The minimum Gasteiger partial charge on any atom is -0.454 e. The number of aromatic nitrogens is 2. The molecule has 1 aliphatic rings. The summed E-state index contributed by atoms with van der Waals surface area (Å²) in [4.78, 5) is 28.2. The lowest BCUT2D eigenvalue weighted by molar-refractivity contribution is -0.124. The van der Waals surface area contributed by atoms with Gasteiger partial charge in [-0.3, -0.25) is 9.59 Å². The number of halogens is 2. The van der Waals surface area contributed by atoms with Gasteiger partial charge in [0.25, 0.3) is 5.91 Å². The number of hydrazone groups is 1. The molecule has 0 bridgehead atoms. The number of carbonyl (C=O) groups is 2. The summed E-state index contributed by atoms with van der Waals surface area (Å²) in [6.07, 6.45) is 1.31. The van der Waals surface area contributed by atoms with Gasteiger partial charge in [-0.05, 0) is 38.1 Å². The van der Waals surface area contributed by atoms with Gasteiger partial charge in [-0.25, -0.2) is 4.98 Å². The van der Waals surface area contributed by atoms with Crippen LogP contribution >= 0.6 is 23.2 Å². The molecule has 2 heterocycles. The number of nitrogens with zero attached hydrogens (tertiary/aromatic N) is 5. The molecule has 0 saturated heterocycles. The van der Waals surface area contributed by atoms with E-state index in [2.05, 4.69) is 23.9 Å². The molecule has 0 unspecified atom stereocenters. The molecule has 0 aliphatic carbocycles. The van der Waals surface area contributed by atoms with E-state index in [1.807, 2.05) is 16.7 Å². The highest BCUT2D eigenvalue weighted by molar-refractivity contribution is 6.50. The third-order valence-corrected chi connectivity index (χ3v) is 5.23. The van der Waals surface area contributed by atoms with Gasteiger partial charge in [0.15, 0.2) is 5.75 Å². The van der Waals surface area contributed by atoms with Gasteiger partial charge in [0.1, 0.15) is 11.8 Å². The lowest BCUT2D eigenvalue weighted by Crippen LogP contribution is -2.36. The molecule has 0 spiro atoms. The third-order valence-electron chi connectivity index (χ3n) is 4.67. The van der Waals surface area contributed by atoms with Crippen LogP contribution in [0.15, 0.2) is 41.8 Å². The first-order valence-corrected chi connectivity index (χ1v) is 10.0. The molecule has 31 heavy (non-hydrogen) atoms. The quantitative estimate of drug-likeness (QED) is 0.520. The zero-order valence-corrected chi connectivity index (χ0v) is 18.0. The molecule has 4 rings (SSSR count). The predicted octanol–water partition coefficient (Wildman–Crippen LogP) is 4.90. The van der Waals surface area contributed by atoms with E-state index in [-0.39, 0.29) is 33.2 Å². The zero-order chi connectivity index (χ0) is 22.3. The average molecular weight is 456 g/mol. The summed E-state index contributed by atoms with van der Waals surface area (Å²) in [7, 11) is 0. The third kappa shape index (κ3) is 3.85. The van der Waals surface area contributed by atoms with E-state index in [4.69, 9.17) is 33.2 Å². The Morgan fingerprint density at radius 1 is 1.16 bits per heavy atom. The highest BCUT2D eigenvalue weighted by Gasteiger charge is 2.29.